The van der Waals surface area contributed by atoms with Gasteiger partial charge in [0.2, 0.25) is 0 Å². The van der Waals surface area contributed by atoms with Crippen molar-refractivity contribution in [2.24, 2.45) is 17.0 Å². The Labute approximate surface area is 142 Å². The van der Waals surface area contributed by atoms with Crippen molar-refractivity contribution in [1.29, 1.82) is 0 Å². The normalized spacial score (nSPS) is 16.9. The molecule has 1 aliphatic rings. The smallest absolute Gasteiger partial charge is 0.0496 e. The molecule has 6 heteroatoms. The molecule has 0 atom stereocenters. The summed E-state index contributed by atoms with van der Waals surface area (Å²) < 4.78 is 0. The van der Waals surface area contributed by atoms with Gasteiger partial charge in [-0.3, -0.25) is 10.3 Å². The van der Waals surface area contributed by atoms with Gasteiger partial charge in [-0.1, -0.05) is 19.8 Å². The minimum Gasteiger partial charge on any atom is -0.400 e. The van der Waals surface area contributed by atoms with E-state index in [0.717, 1.165) is 38.4 Å². The van der Waals surface area contributed by atoms with Crippen LogP contribution in [0.5, 0.6) is 0 Å². The summed E-state index contributed by atoms with van der Waals surface area (Å²) in [5.74, 6) is 12.1. The summed E-state index contributed by atoms with van der Waals surface area (Å²) in [4.78, 5) is 2.34. The van der Waals surface area contributed by atoms with E-state index in [1.54, 1.807) is 5.01 Å². The molecule has 0 aromatic heterocycles. The first-order valence-electron chi connectivity index (χ1n) is 8.42. The molecule has 0 amide bonds. The van der Waals surface area contributed by atoms with Gasteiger partial charge in [0.15, 0.2) is 0 Å². The SMILES string of the molecule is CC.CC#CC(C)(C)CN(N)/C=C(\N)CN1CCN(NC)CC1. The lowest BCUT2D eigenvalue weighted by Gasteiger charge is -2.34. The summed E-state index contributed by atoms with van der Waals surface area (Å²) >= 11 is 0. The van der Waals surface area contributed by atoms with Crippen molar-refractivity contribution in [3.63, 3.8) is 0 Å². The Balaban J connectivity index is 0.00000232. The molecule has 134 valence electrons. The van der Waals surface area contributed by atoms with E-state index in [4.69, 9.17) is 11.6 Å². The zero-order chi connectivity index (χ0) is 17.9. The second-order valence-electron chi connectivity index (χ2n) is 6.12. The number of hydrogen-bond donors (Lipinski definition) is 3. The molecule has 0 bridgehead atoms. The zero-order valence-electron chi connectivity index (χ0n) is 15.8. The molecule has 1 rings (SSSR count). The molecule has 23 heavy (non-hydrogen) atoms. The van der Waals surface area contributed by atoms with Crippen molar-refractivity contribution >= 4 is 0 Å². The van der Waals surface area contributed by atoms with Crippen LogP contribution in [0.2, 0.25) is 0 Å². The van der Waals surface area contributed by atoms with E-state index in [9.17, 15) is 0 Å². The van der Waals surface area contributed by atoms with Gasteiger partial charge in [0.1, 0.15) is 0 Å². The summed E-state index contributed by atoms with van der Waals surface area (Å²) in [5.41, 5.74) is 9.91. The van der Waals surface area contributed by atoms with E-state index in [1.165, 1.54) is 0 Å². The summed E-state index contributed by atoms with van der Waals surface area (Å²) in [6.45, 7) is 15.4. The van der Waals surface area contributed by atoms with Crippen molar-refractivity contribution < 1.29 is 0 Å². The lowest BCUT2D eigenvalue weighted by Crippen LogP contribution is -2.51. The maximum absolute atomic E-state index is 6.10. The fourth-order valence-electron chi connectivity index (χ4n) is 2.52. The predicted molar refractivity (Wildman–Crippen MR) is 98.8 cm³/mol. The van der Waals surface area contributed by atoms with Crippen LogP contribution in [-0.2, 0) is 0 Å². The minimum atomic E-state index is -0.140. The van der Waals surface area contributed by atoms with Crippen LogP contribution in [0.4, 0.5) is 0 Å². The summed E-state index contributed by atoms with van der Waals surface area (Å²) in [6.07, 6.45) is 1.82. The monoisotopic (exact) mass is 324 g/mol. The molecule has 1 saturated heterocycles. The topological polar surface area (TPSA) is 73.8 Å². The van der Waals surface area contributed by atoms with Gasteiger partial charge in [-0.25, -0.2) is 10.9 Å². The molecule has 0 aromatic rings. The maximum Gasteiger partial charge on any atom is 0.0496 e. The van der Waals surface area contributed by atoms with Crippen LogP contribution in [0, 0.1) is 17.3 Å². The van der Waals surface area contributed by atoms with Gasteiger partial charge >= 0.3 is 0 Å². The molecule has 0 saturated carbocycles. The Morgan fingerprint density at radius 1 is 1.26 bits per heavy atom. The Kier molecular flexibility index (Phi) is 10.7. The molecule has 0 unspecified atom stereocenters. The molecule has 0 spiro atoms. The number of hydrazine groups is 2. The van der Waals surface area contributed by atoms with Crippen LogP contribution >= 0.6 is 0 Å². The first kappa shape index (κ1) is 21.7. The molecular formula is C17H36N6. The average molecular weight is 325 g/mol. The van der Waals surface area contributed by atoms with Gasteiger partial charge in [-0.2, -0.15) is 0 Å². The Hall–Kier alpha value is -1.26. The number of nitrogens with zero attached hydrogens (tertiary/aromatic N) is 3. The van der Waals surface area contributed by atoms with Crippen LogP contribution in [-0.4, -0.2) is 61.2 Å². The van der Waals surface area contributed by atoms with Crippen molar-refractivity contribution in [3.8, 4) is 11.8 Å². The Morgan fingerprint density at radius 2 is 1.83 bits per heavy atom. The number of hydrogen-bond acceptors (Lipinski definition) is 6. The molecular weight excluding hydrogens is 288 g/mol. The molecule has 5 N–H and O–H groups in total. The van der Waals surface area contributed by atoms with Crippen LogP contribution in [0.15, 0.2) is 11.9 Å². The highest BCUT2D eigenvalue weighted by atomic mass is 15.5. The molecule has 0 aliphatic carbocycles. The summed E-state index contributed by atoms with van der Waals surface area (Å²) in [7, 11) is 1.96. The van der Waals surface area contributed by atoms with Crippen molar-refractivity contribution in [2.45, 2.75) is 34.6 Å². The van der Waals surface area contributed by atoms with Gasteiger partial charge in [-0.15, -0.1) is 5.92 Å². The number of nitrogens with two attached hydrogens (primary N) is 2. The van der Waals surface area contributed by atoms with Gasteiger partial charge in [0.25, 0.3) is 0 Å². The first-order valence-corrected chi connectivity index (χ1v) is 8.42. The summed E-state index contributed by atoms with van der Waals surface area (Å²) in [5, 5.41) is 3.85. The third kappa shape index (κ3) is 9.47. The van der Waals surface area contributed by atoms with E-state index >= 15 is 0 Å². The van der Waals surface area contributed by atoms with Gasteiger partial charge in [-0.05, 0) is 27.8 Å². The fraction of sp³-hybridized carbons (Fsp3) is 0.765. The summed E-state index contributed by atoms with van der Waals surface area (Å²) in [6, 6.07) is 0. The second kappa shape index (κ2) is 11.3. The van der Waals surface area contributed by atoms with Gasteiger partial charge in [0.05, 0.1) is 0 Å². The Morgan fingerprint density at radius 3 is 2.30 bits per heavy atom. The molecule has 1 heterocycles. The quantitative estimate of drug-likeness (QED) is 0.381. The van der Waals surface area contributed by atoms with Crippen molar-refractivity contribution in [2.75, 3.05) is 46.3 Å². The molecule has 1 fully saturated rings. The highest BCUT2D eigenvalue weighted by molar-refractivity contribution is 5.09. The van der Waals surface area contributed by atoms with Gasteiger partial charge < -0.3 is 10.7 Å². The lowest BCUT2D eigenvalue weighted by molar-refractivity contribution is 0.104. The third-order valence-electron chi connectivity index (χ3n) is 3.47. The molecule has 0 aromatic carbocycles. The van der Waals surface area contributed by atoms with Crippen LogP contribution in [0.25, 0.3) is 0 Å². The maximum atomic E-state index is 6.10. The van der Waals surface area contributed by atoms with E-state index in [1.807, 2.05) is 34.0 Å². The number of nitrogens with one attached hydrogen (secondary N) is 1. The number of rotatable bonds is 6. The average Bonchev–Trinajstić information content (AvgIpc) is 2.49. The molecule has 0 radical (unpaired) electrons. The highest BCUT2D eigenvalue weighted by Gasteiger charge is 2.18. The zero-order valence-corrected chi connectivity index (χ0v) is 15.8. The highest BCUT2D eigenvalue weighted by Crippen LogP contribution is 2.14. The van der Waals surface area contributed by atoms with Gasteiger partial charge in [0, 0.05) is 56.6 Å². The van der Waals surface area contributed by atoms with E-state index in [0.29, 0.717) is 6.54 Å². The van der Waals surface area contributed by atoms with Crippen molar-refractivity contribution in [3.05, 3.63) is 11.9 Å². The van der Waals surface area contributed by atoms with Crippen molar-refractivity contribution in [1.82, 2.24) is 20.3 Å². The van der Waals surface area contributed by atoms with E-state index < -0.39 is 0 Å². The number of piperazine rings is 1. The fourth-order valence-corrected chi connectivity index (χ4v) is 2.52. The van der Waals surface area contributed by atoms with E-state index in [2.05, 4.69) is 41.0 Å². The van der Waals surface area contributed by atoms with E-state index in [-0.39, 0.29) is 5.41 Å². The largest absolute Gasteiger partial charge is 0.400 e. The van der Waals surface area contributed by atoms with Crippen LogP contribution in [0.3, 0.4) is 0 Å². The lowest BCUT2D eigenvalue weighted by atomic mass is 9.94. The molecule has 6 nitrogen and oxygen atoms in total. The molecule has 1 aliphatic heterocycles. The minimum absolute atomic E-state index is 0.140. The Bertz CT molecular complexity index is 399. The standard InChI is InChI=1S/C15H30N6.C2H6/c1-5-6-15(2,3)13-20(17)12-14(16)11-19-7-9-21(18-4)10-8-19;1-2/h12,18H,7-11,13,16-17H2,1-4H3;1-2H3/b14-12-;. The van der Waals surface area contributed by atoms with Crippen LogP contribution in [0.1, 0.15) is 34.6 Å². The van der Waals surface area contributed by atoms with Crippen LogP contribution < -0.4 is 17.0 Å². The third-order valence-corrected chi connectivity index (χ3v) is 3.47. The first-order chi connectivity index (χ1) is 10.9. The predicted octanol–water partition coefficient (Wildman–Crippen LogP) is 0.790. The second-order valence-corrected chi connectivity index (χ2v) is 6.12.